The zero-order valence-corrected chi connectivity index (χ0v) is 8.45. The second-order valence-corrected chi connectivity index (χ2v) is 3.65. The molecule has 0 spiro atoms. The van der Waals surface area contributed by atoms with Crippen LogP contribution in [0.4, 0.5) is 0 Å². The summed E-state index contributed by atoms with van der Waals surface area (Å²) in [4.78, 5) is 4.92. The van der Waals surface area contributed by atoms with Gasteiger partial charge in [0.2, 0.25) is 0 Å². The third-order valence-electron chi connectivity index (χ3n) is 2.44. The first-order valence-corrected chi connectivity index (χ1v) is 4.85. The number of allylic oxidation sites excluding steroid dienone is 1. The van der Waals surface area contributed by atoms with Crippen LogP contribution in [0, 0.1) is 0 Å². The number of hydrogen-bond acceptors (Lipinski definition) is 2. The second kappa shape index (κ2) is 4.51. The van der Waals surface area contributed by atoms with Gasteiger partial charge in [0.1, 0.15) is 0 Å². The summed E-state index contributed by atoms with van der Waals surface area (Å²) in [5.41, 5.74) is 0. The number of piperazine rings is 1. The predicted octanol–water partition coefficient (Wildman–Crippen LogP) is 1.55. The zero-order valence-electron chi connectivity index (χ0n) is 8.45. The fraction of sp³-hybridized carbons (Fsp3) is 0.800. The maximum absolute atomic E-state index is 2.53. The molecule has 0 aromatic heterocycles. The molecule has 1 aliphatic heterocycles. The molecule has 0 bridgehead atoms. The molecule has 2 heteroatoms. The first-order valence-electron chi connectivity index (χ1n) is 4.85. The molecule has 0 aromatic carbocycles. The Balaban J connectivity index is 2.29. The van der Waals surface area contributed by atoms with Gasteiger partial charge in [0, 0.05) is 32.2 Å². The highest BCUT2D eigenvalue weighted by molar-refractivity contribution is 4.83. The lowest BCUT2D eigenvalue weighted by molar-refractivity contribution is 0.138. The van der Waals surface area contributed by atoms with Crippen molar-refractivity contribution < 1.29 is 0 Å². The highest BCUT2D eigenvalue weighted by Crippen LogP contribution is 2.05. The lowest BCUT2D eigenvalue weighted by Gasteiger charge is -2.36. The molecule has 1 saturated heterocycles. The van der Waals surface area contributed by atoms with Crippen LogP contribution in [0.2, 0.25) is 0 Å². The van der Waals surface area contributed by atoms with E-state index in [4.69, 9.17) is 0 Å². The van der Waals surface area contributed by atoms with Crippen molar-refractivity contribution in [1.82, 2.24) is 9.80 Å². The van der Waals surface area contributed by atoms with Crippen molar-refractivity contribution in [2.45, 2.75) is 26.8 Å². The lowest BCUT2D eigenvalue weighted by atomic mass is 10.2. The monoisotopic (exact) mass is 168 g/mol. The molecule has 70 valence electrons. The molecule has 0 aromatic rings. The van der Waals surface area contributed by atoms with E-state index in [0.717, 1.165) is 0 Å². The molecule has 2 nitrogen and oxygen atoms in total. The van der Waals surface area contributed by atoms with Crippen molar-refractivity contribution in [3.63, 3.8) is 0 Å². The van der Waals surface area contributed by atoms with Crippen molar-refractivity contribution in [1.29, 1.82) is 0 Å². The largest absolute Gasteiger partial charge is 0.375 e. The molecule has 0 aliphatic carbocycles. The van der Waals surface area contributed by atoms with E-state index >= 15 is 0 Å². The van der Waals surface area contributed by atoms with Gasteiger partial charge in [0.15, 0.2) is 0 Å². The van der Waals surface area contributed by atoms with Crippen LogP contribution in [0.15, 0.2) is 12.3 Å². The van der Waals surface area contributed by atoms with Gasteiger partial charge >= 0.3 is 0 Å². The Hall–Kier alpha value is -0.500. The van der Waals surface area contributed by atoms with Crippen LogP contribution in [0.1, 0.15) is 20.8 Å². The van der Waals surface area contributed by atoms with E-state index in [2.05, 4.69) is 42.8 Å². The van der Waals surface area contributed by atoms with Crippen LogP contribution in [0.5, 0.6) is 0 Å². The van der Waals surface area contributed by atoms with Crippen LogP contribution in [0.25, 0.3) is 0 Å². The van der Waals surface area contributed by atoms with E-state index in [0.29, 0.717) is 6.04 Å². The quantitative estimate of drug-likeness (QED) is 0.617. The van der Waals surface area contributed by atoms with Gasteiger partial charge in [-0.15, -0.1) is 0 Å². The maximum atomic E-state index is 2.53. The number of nitrogens with zero attached hydrogens (tertiary/aromatic N) is 2. The van der Waals surface area contributed by atoms with Crippen LogP contribution in [-0.4, -0.2) is 42.0 Å². The molecule has 1 rings (SSSR count). The van der Waals surface area contributed by atoms with Crippen molar-refractivity contribution in [2.75, 3.05) is 26.2 Å². The predicted molar refractivity (Wildman–Crippen MR) is 53.1 cm³/mol. The minimum absolute atomic E-state index is 0.706. The van der Waals surface area contributed by atoms with Gasteiger partial charge in [0.05, 0.1) is 0 Å². The van der Waals surface area contributed by atoms with E-state index in [1.807, 2.05) is 0 Å². The lowest BCUT2D eigenvalue weighted by Crippen LogP contribution is -2.46. The van der Waals surface area contributed by atoms with Crippen molar-refractivity contribution in [2.24, 2.45) is 0 Å². The van der Waals surface area contributed by atoms with Crippen LogP contribution in [-0.2, 0) is 0 Å². The molecule has 1 fully saturated rings. The fourth-order valence-corrected chi connectivity index (χ4v) is 1.61. The fourth-order valence-electron chi connectivity index (χ4n) is 1.61. The molecule has 0 N–H and O–H groups in total. The summed E-state index contributed by atoms with van der Waals surface area (Å²) in [6, 6.07) is 0.706. The third-order valence-corrected chi connectivity index (χ3v) is 2.44. The summed E-state index contributed by atoms with van der Waals surface area (Å²) in [7, 11) is 0. The van der Waals surface area contributed by atoms with Gasteiger partial charge in [-0.2, -0.15) is 0 Å². The van der Waals surface area contributed by atoms with Crippen LogP contribution < -0.4 is 0 Å². The Morgan fingerprint density at radius 3 is 2.08 bits per heavy atom. The Bertz CT molecular complexity index is 144. The van der Waals surface area contributed by atoms with Gasteiger partial charge in [-0.25, -0.2) is 0 Å². The van der Waals surface area contributed by atoms with E-state index in [1.165, 1.54) is 26.2 Å². The minimum atomic E-state index is 0.706. The van der Waals surface area contributed by atoms with Gasteiger partial charge in [-0.3, -0.25) is 4.90 Å². The molecule has 1 aliphatic rings. The van der Waals surface area contributed by atoms with Gasteiger partial charge < -0.3 is 4.90 Å². The second-order valence-electron chi connectivity index (χ2n) is 3.65. The normalized spacial score (nSPS) is 21.2. The summed E-state index contributed by atoms with van der Waals surface area (Å²) in [5.74, 6) is 0. The average molecular weight is 168 g/mol. The van der Waals surface area contributed by atoms with Crippen molar-refractivity contribution in [3.05, 3.63) is 12.3 Å². The Morgan fingerprint density at radius 1 is 1.08 bits per heavy atom. The van der Waals surface area contributed by atoms with Gasteiger partial charge in [0.25, 0.3) is 0 Å². The maximum Gasteiger partial charge on any atom is 0.0300 e. The Labute approximate surface area is 75.8 Å². The van der Waals surface area contributed by atoms with Crippen LogP contribution >= 0.6 is 0 Å². The summed E-state index contributed by atoms with van der Waals surface area (Å²) in [6.07, 6.45) is 4.31. The first kappa shape index (κ1) is 9.59. The van der Waals surface area contributed by atoms with E-state index in [1.54, 1.807) is 0 Å². The molecule has 0 amide bonds. The summed E-state index contributed by atoms with van der Waals surface area (Å²) < 4.78 is 0. The Morgan fingerprint density at radius 2 is 1.67 bits per heavy atom. The summed E-state index contributed by atoms with van der Waals surface area (Å²) in [5, 5.41) is 0. The van der Waals surface area contributed by atoms with Gasteiger partial charge in [-0.1, -0.05) is 6.08 Å². The van der Waals surface area contributed by atoms with E-state index < -0.39 is 0 Å². The third kappa shape index (κ3) is 2.52. The Kier molecular flexibility index (Phi) is 3.60. The minimum Gasteiger partial charge on any atom is -0.375 e. The number of hydrogen-bond donors (Lipinski definition) is 0. The standard InChI is InChI=1S/C10H20N2/c1-4-5-11-6-8-12(9-7-11)10(2)3/h4-5,10H,6-9H2,1-3H3/b5-4+. The van der Waals surface area contributed by atoms with Crippen LogP contribution in [0.3, 0.4) is 0 Å². The molecule has 0 saturated carbocycles. The molecular weight excluding hydrogens is 148 g/mol. The summed E-state index contributed by atoms with van der Waals surface area (Å²) >= 11 is 0. The molecule has 0 atom stereocenters. The molecular formula is C10H20N2. The van der Waals surface area contributed by atoms with E-state index in [9.17, 15) is 0 Å². The summed E-state index contributed by atoms with van der Waals surface area (Å²) in [6.45, 7) is 11.4. The number of rotatable bonds is 2. The molecule has 1 heterocycles. The molecule has 0 unspecified atom stereocenters. The van der Waals surface area contributed by atoms with E-state index in [-0.39, 0.29) is 0 Å². The molecule has 12 heavy (non-hydrogen) atoms. The smallest absolute Gasteiger partial charge is 0.0300 e. The highest BCUT2D eigenvalue weighted by atomic mass is 15.3. The highest BCUT2D eigenvalue weighted by Gasteiger charge is 2.15. The first-order chi connectivity index (χ1) is 5.74. The van der Waals surface area contributed by atoms with Crippen molar-refractivity contribution >= 4 is 0 Å². The van der Waals surface area contributed by atoms with Crippen molar-refractivity contribution in [3.8, 4) is 0 Å². The SMILES string of the molecule is C/C=C/N1CCN(C(C)C)CC1. The van der Waals surface area contributed by atoms with Gasteiger partial charge in [-0.05, 0) is 27.0 Å². The zero-order chi connectivity index (χ0) is 8.97. The molecule has 0 radical (unpaired) electrons. The average Bonchev–Trinajstić information content (AvgIpc) is 2.06. The topological polar surface area (TPSA) is 6.48 Å².